The second kappa shape index (κ2) is 8.09. The fraction of sp³-hybridized carbons (Fsp3) is 0.143. The largest absolute Gasteiger partial charge is 0.464 e. The van der Waals surface area contributed by atoms with Gasteiger partial charge in [0.25, 0.3) is 0 Å². The first-order valence-corrected chi connectivity index (χ1v) is 7.40. The molecule has 27 heavy (non-hydrogen) atoms. The van der Waals surface area contributed by atoms with Gasteiger partial charge >= 0.3 is 5.97 Å². The minimum Gasteiger partial charge on any atom is -0.464 e. The maximum absolute atomic E-state index is 13.4. The molecule has 0 spiro atoms. The summed E-state index contributed by atoms with van der Waals surface area (Å²) in [6.07, 6.45) is 0. The summed E-state index contributed by atoms with van der Waals surface area (Å²) in [5.41, 5.74) is 3.59. The highest BCUT2D eigenvalue weighted by molar-refractivity contribution is 6.39. The van der Waals surface area contributed by atoms with Crippen molar-refractivity contribution in [2.24, 2.45) is 0 Å². The molecule has 0 atom stereocenters. The normalized spacial score (nSPS) is 10.8. The highest BCUT2D eigenvalue weighted by atomic mass is 35.5. The quantitative estimate of drug-likeness (QED) is 0.254. The molecule has 0 unspecified atom stereocenters. The van der Waals surface area contributed by atoms with Crippen LogP contribution in [0.2, 0.25) is 10.0 Å². The molecule has 146 valence electrons. The first kappa shape index (κ1) is 20.9. The van der Waals surface area contributed by atoms with Crippen LogP contribution >= 0.6 is 23.2 Å². The molecule has 13 heteroatoms. The predicted molar refractivity (Wildman–Crippen MR) is 80.2 cm³/mol. The summed E-state index contributed by atoms with van der Waals surface area (Å²) in [6, 6.07) is 0. The molecule has 1 aromatic heterocycles. The number of nitrogens with two attached hydrogens (primary N) is 1. The molecule has 1 heterocycles. The van der Waals surface area contributed by atoms with Gasteiger partial charge in [0.1, 0.15) is 16.7 Å². The minimum absolute atomic E-state index is 0.421. The Balaban J connectivity index is 2.07. The molecule has 2 aromatic rings. The maximum Gasteiger partial charge on any atom is 0.344 e. The van der Waals surface area contributed by atoms with Gasteiger partial charge in [-0.15, -0.1) is 0 Å². The zero-order valence-corrected chi connectivity index (χ0v) is 14.2. The molecule has 0 aliphatic heterocycles. The van der Waals surface area contributed by atoms with E-state index in [1.165, 1.54) is 0 Å². The second-order valence-corrected chi connectivity index (χ2v) is 5.50. The molecule has 0 radical (unpaired) electrons. The first-order valence-electron chi connectivity index (χ1n) is 6.64. The van der Waals surface area contributed by atoms with Crippen LogP contribution in [-0.4, -0.2) is 17.6 Å². The van der Waals surface area contributed by atoms with E-state index in [4.69, 9.17) is 33.7 Å². The number of nitrogens with zero attached hydrogens (tertiary/aromatic N) is 1. The number of ether oxygens (including phenoxy) is 2. The molecule has 0 saturated heterocycles. The summed E-state index contributed by atoms with van der Waals surface area (Å²) in [5, 5.41) is -1.00. The average molecular weight is 435 g/mol. The smallest absolute Gasteiger partial charge is 0.344 e. The summed E-state index contributed by atoms with van der Waals surface area (Å²) in [6.45, 7) is -2.28. The Hall–Kier alpha value is -2.40. The van der Waals surface area contributed by atoms with Crippen molar-refractivity contribution in [2.75, 3.05) is 12.3 Å². The maximum atomic E-state index is 13.4. The summed E-state index contributed by atoms with van der Waals surface area (Å²) in [5.74, 6) is -14.3. The number of aromatic nitrogens is 1. The van der Waals surface area contributed by atoms with Crippen LogP contribution in [0.3, 0.4) is 0 Å². The Labute approximate surface area is 156 Å². The lowest BCUT2D eigenvalue weighted by Crippen LogP contribution is -2.17. The van der Waals surface area contributed by atoms with Gasteiger partial charge in [0.15, 0.2) is 29.9 Å². The number of carbonyl (C=O) groups is 1. The van der Waals surface area contributed by atoms with E-state index in [9.17, 15) is 31.1 Å². The van der Waals surface area contributed by atoms with Gasteiger partial charge in [0.05, 0.1) is 11.3 Å². The number of anilines is 1. The van der Waals surface area contributed by atoms with Crippen LogP contribution in [-0.2, 0) is 16.1 Å². The molecule has 0 aliphatic carbocycles. The summed E-state index contributed by atoms with van der Waals surface area (Å²) >= 11 is 11.1. The van der Waals surface area contributed by atoms with E-state index in [0.29, 0.717) is 0 Å². The van der Waals surface area contributed by atoms with Gasteiger partial charge in [-0.1, -0.05) is 23.2 Å². The number of benzene rings is 1. The number of esters is 1. The molecule has 2 N–H and O–H groups in total. The van der Waals surface area contributed by atoms with E-state index in [1.54, 1.807) is 0 Å². The van der Waals surface area contributed by atoms with Crippen LogP contribution in [0.1, 0.15) is 5.56 Å². The van der Waals surface area contributed by atoms with Crippen molar-refractivity contribution in [1.29, 1.82) is 0 Å². The Kier molecular flexibility index (Phi) is 6.26. The molecule has 2 rings (SSSR count). The topological polar surface area (TPSA) is 74.4 Å². The van der Waals surface area contributed by atoms with Gasteiger partial charge in [0, 0.05) is 0 Å². The molecule has 0 saturated carbocycles. The van der Waals surface area contributed by atoms with E-state index < -0.39 is 81.4 Å². The van der Waals surface area contributed by atoms with Crippen LogP contribution in [0.15, 0.2) is 0 Å². The molecular formula is C14H6Cl2F6N2O3. The number of nitrogen functional groups attached to an aromatic ring is 1. The minimum atomic E-state index is -2.36. The van der Waals surface area contributed by atoms with Crippen LogP contribution < -0.4 is 10.5 Å². The van der Waals surface area contributed by atoms with Crippen molar-refractivity contribution in [3.8, 4) is 5.88 Å². The monoisotopic (exact) mass is 434 g/mol. The number of halogens is 8. The molecule has 0 aliphatic rings. The number of hydrogen-bond acceptors (Lipinski definition) is 5. The highest BCUT2D eigenvalue weighted by Gasteiger charge is 2.26. The molecule has 5 nitrogen and oxygen atoms in total. The highest BCUT2D eigenvalue weighted by Crippen LogP contribution is 2.35. The predicted octanol–water partition coefficient (Wildman–Crippen LogP) is 3.93. The summed E-state index contributed by atoms with van der Waals surface area (Å²) < 4.78 is 88.3. The molecule has 0 amide bonds. The Bertz CT molecular complexity index is 900. The van der Waals surface area contributed by atoms with Gasteiger partial charge in [-0.3, -0.25) is 0 Å². The Morgan fingerprint density at radius 1 is 0.926 bits per heavy atom. The van der Waals surface area contributed by atoms with E-state index in [1.807, 2.05) is 0 Å². The van der Waals surface area contributed by atoms with Gasteiger partial charge < -0.3 is 15.2 Å². The van der Waals surface area contributed by atoms with E-state index in [0.717, 1.165) is 0 Å². The summed E-state index contributed by atoms with van der Waals surface area (Å²) in [7, 11) is 0. The van der Waals surface area contributed by atoms with Gasteiger partial charge in [-0.05, 0) is 0 Å². The average Bonchev–Trinajstić information content (AvgIpc) is 2.64. The first-order chi connectivity index (χ1) is 12.6. The van der Waals surface area contributed by atoms with Gasteiger partial charge in [-0.25, -0.2) is 26.7 Å². The number of pyridine rings is 1. The van der Waals surface area contributed by atoms with Gasteiger partial charge in [0.2, 0.25) is 17.6 Å². The molecule has 0 fully saturated rings. The van der Waals surface area contributed by atoms with Crippen molar-refractivity contribution < 1.29 is 40.6 Å². The SMILES string of the molecule is Nc1c(Cl)c(F)nc(OCC(=O)OCc2c(F)c(F)c(F)c(F)c2F)c1Cl. The standard InChI is InChI=1S/C14H6Cl2F6N2O3/c15-5-12(23)6(16)14(24-13(5)22)27-2-4(25)26-1-3-7(17)9(19)11(21)10(20)8(3)18/h1-2H2,(H2,23,24). The van der Waals surface area contributed by atoms with Gasteiger partial charge in [-0.2, -0.15) is 9.37 Å². The third-order valence-corrected chi connectivity index (χ3v) is 3.77. The Morgan fingerprint density at radius 2 is 1.44 bits per heavy atom. The number of carbonyl (C=O) groups excluding carboxylic acids is 1. The van der Waals surface area contributed by atoms with Crippen LogP contribution in [0.25, 0.3) is 0 Å². The lowest BCUT2D eigenvalue weighted by molar-refractivity contribution is -0.147. The Morgan fingerprint density at radius 3 is 2.00 bits per heavy atom. The zero-order valence-electron chi connectivity index (χ0n) is 12.7. The lowest BCUT2D eigenvalue weighted by atomic mass is 10.2. The van der Waals surface area contributed by atoms with E-state index >= 15 is 0 Å². The zero-order chi connectivity index (χ0) is 20.5. The van der Waals surface area contributed by atoms with Crippen molar-refractivity contribution in [2.45, 2.75) is 6.61 Å². The van der Waals surface area contributed by atoms with Crippen LogP contribution in [0.4, 0.5) is 32.0 Å². The number of rotatable bonds is 5. The molecule has 0 bridgehead atoms. The van der Waals surface area contributed by atoms with Crippen molar-refractivity contribution >= 4 is 34.9 Å². The fourth-order valence-electron chi connectivity index (χ4n) is 1.70. The lowest BCUT2D eigenvalue weighted by Gasteiger charge is -2.11. The van der Waals surface area contributed by atoms with Crippen LogP contribution in [0, 0.1) is 35.0 Å². The van der Waals surface area contributed by atoms with E-state index in [-0.39, 0.29) is 0 Å². The van der Waals surface area contributed by atoms with Crippen molar-refractivity contribution in [3.05, 3.63) is 50.6 Å². The third kappa shape index (κ3) is 4.14. The summed E-state index contributed by atoms with van der Waals surface area (Å²) in [4.78, 5) is 14.7. The van der Waals surface area contributed by atoms with E-state index in [2.05, 4.69) is 9.72 Å². The number of hydrogen-bond donors (Lipinski definition) is 1. The third-order valence-electron chi connectivity index (χ3n) is 3.05. The fourth-order valence-corrected chi connectivity index (χ4v) is 2.08. The second-order valence-electron chi connectivity index (χ2n) is 4.75. The molecular weight excluding hydrogens is 429 g/mol. The molecule has 1 aromatic carbocycles. The van der Waals surface area contributed by atoms with Crippen molar-refractivity contribution in [3.63, 3.8) is 0 Å². The van der Waals surface area contributed by atoms with Crippen molar-refractivity contribution in [1.82, 2.24) is 4.98 Å². The van der Waals surface area contributed by atoms with Crippen LogP contribution in [0.5, 0.6) is 5.88 Å².